The van der Waals surface area contributed by atoms with Crippen LogP contribution in [0.3, 0.4) is 0 Å². The summed E-state index contributed by atoms with van der Waals surface area (Å²) in [6, 6.07) is 9.56. The summed E-state index contributed by atoms with van der Waals surface area (Å²) in [6.45, 7) is 9.20. The van der Waals surface area contributed by atoms with Crippen molar-refractivity contribution >= 4 is 0 Å². The lowest BCUT2D eigenvalue weighted by atomic mass is 10.0. The molecule has 2 rings (SSSR count). The molecule has 0 unspecified atom stereocenters. The van der Waals surface area contributed by atoms with Crippen LogP contribution in [0.5, 0.6) is 0 Å². The molecule has 0 saturated carbocycles. The van der Waals surface area contributed by atoms with Gasteiger partial charge in [0.2, 0.25) is 0 Å². The van der Waals surface area contributed by atoms with Gasteiger partial charge in [-0.3, -0.25) is 4.90 Å². The maximum absolute atomic E-state index is 3.46. The lowest BCUT2D eigenvalue weighted by molar-refractivity contribution is 0.154. The van der Waals surface area contributed by atoms with Crippen molar-refractivity contribution in [3.8, 4) is 0 Å². The van der Waals surface area contributed by atoms with Crippen LogP contribution in [0.2, 0.25) is 0 Å². The molecule has 18 heavy (non-hydrogen) atoms. The summed E-state index contributed by atoms with van der Waals surface area (Å²) in [7, 11) is 0. The van der Waals surface area contributed by atoms with E-state index >= 15 is 0 Å². The van der Waals surface area contributed by atoms with Gasteiger partial charge in [0.05, 0.1) is 0 Å². The molecule has 0 radical (unpaired) electrons. The molecule has 0 amide bonds. The predicted molar refractivity (Wildman–Crippen MR) is 77.8 cm³/mol. The maximum atomic E-state index is 3.46. The van der Waals surface area contributed by atoms with Crippen molar-refractivity contribution < 1.29 is 0 Å². The summed E-state index contributed by atoms with van der Waals surface area (Å²) in [5, 5.41) is 3.46. The summed E-state index contributed by atoms with van der Waals surface area (Å²) >= 11 is 0. The minimum absolute atomic E-state index is 0.769. The fourth-order valence-corrected chi connectivity index (χ4v) is 2.86. The van der Waals surface area contributed by atoms with E-state index in [2.05, 4.69) is 48.3 Å². The first-order chi connectivity index (χ1) is 8.81. The average Bonchev–Trinajstić information content (AvgIpc) is 2.42. The highest BCUT2D eigenvalue weighted by atomic mass is 15.2. The maximum Gasteiger partial charge on any atom is 0.0239 e. The van der Waals surface area contributed by atoms with Crippen LogP contribution in [0.1, 0.15) is 37.3 Å². The first-order valence-electron chi connectivity index (χ1n) is 7.30. The molecule has 1 aromatic carbocycles. The number of nitrogens with zero attached hydrogens (tertiary/aromatic N) is 1. The normalized spacial score (nSPS) is 17.3. The standard InChI is InChI=1S/C16H26N2/c1-3-12-18(16-8-10-17-11-9-16)13-15-7-5-4-6-14(15)2/h4-7,16-17H,3,8-13H2,1-2H3. The smallest absolute Gasteiger partial charge is 0.0239 e. The number of hydrogen-bond acceptors (Lipinski definition) is 2. The Morgan fingerprint density at radius 2 is 1.94 bits per heavy atom. The topological polar surface area (TPSA) is 15.3 Å². The Hall–Kier alpha value is -0.860. The molecule has 2 nitrogen and oxygen atoms in total. The van der Waals surface area contributed by atoms with Crippen LogP contribution >= 0.6 is 0 Å². The van der Waals surface area contributed by atoms with E-state index in [1.54, 1.807) is 0 Å². The summed E-state index contributed by atoms with van der Waals surface area (Å²) in [5.41, 5.74) is 2.91. The van der Waals surface area contributed by atoms with Crippen molar-refractivity contribution in [2.45, 2.75) is 45.7 Å². The van der Waals surface area contributed by atoms with E-state index in [1.165, 1.54) is 50.0 Å². The number of rotatable bonds is 5. The van der Waals surface area contributed by atoms with Crippen LogP contribution in [0, 0.1) is 6.92 Å². The van der Waals surface area contributed by atoms with Gasteiger partial charge in [0.25, 0.3) is 0 Å². The molecule has 1 saturated heterocycles. The quantitative estimate of drug-likeness (QED) is 0.859. The molecule has 1 N–H and O–H groups in total. The van der Waals surface area contributed by atoms with Gasteiger partial charge in [-0.05, 0) is 56.9 Å². The molecule has 1 heterocycles. The minimum atomic E-state index is 0.769. The van der Waals surface area contributed by atoms with Gasteiger partial charge in [0.1, 0.15) is 0 Å². The number of benzene rings is 1. The monoisotopic (exact) mass is 246 g/mol. The van der Waals surface area contributed by atoms with E-state index in [-0.39, 0.29) is 0 Å². The van der Waals surface area contributed by atoms with Crippen molar-refractivity contribution in [1.82, 2.24) is 10.2 Å². The second-order valence-corrected chi connectivity index (χ2v) is 5.38. The third kappa shape index (κ3) is 3.56. The molecule has 1 aromatic rings. The van der Waals surface area contributed by atoms with E-state index in [4.69, 9.17) is 0 Å². The second-order valence-electron chi connectivity index (χ2n) is 5.38. The van der Waals surface area contributed by atoms with Gasteiger partial charge in [-0.1, -0.05) is 31.2 Å². The number of hydrogen-bond donors (Lipinski definition) is 1. The molecular weight excluding hydrogens is 220 g/mol. The lowest BCUT2D eigenvalue weighted by Crippen LogP contribution is -2.43. The van der Waals surface area contributed by atoms with Crippen molar-refractivity contribution in [3.05, 3.63) is 35.4 Å². The Kier molecular flexibility index (Phi) is 5.21. The SMILES string of the molecule is CCCN(Cc1ccccc1C)C1CCNCC1. The van der Waals surface area contributed by atoms with Crippen LogP contribution in [-0.2, 0) is 6.54 Å². The third-order valence-electron chi connectivity index (χ3n) is 3.97. The molecule has 0 spiro atoms. The second kappa shape index (κ2) is 6.91. The van der Waals surface area contributed by atoms with E-state index in [0.717, 1.165) is 12.6 Å². The van der Waals surface area contributed by atoms with Gasteiger partial charge in [0.15, 0.2) is 0 Å². The van der Waals surface area contributed by atoms with Gasteiger partial charge in [-0.2, -0.15) is 0 Å². The summed E-state index contributed by atoms with van der Waals surface area (Å²) in [5.74, 6) is 0. The largest absolute Gasteiger partial charge is 0.317 e. The third-order valence-corrected chi connectivity index (χ3v) is 3.97. The molecule has 1 aliphatic heterocycles. The summed E-state index contributed by atoms with van der Waals surface area (Å²) < 4.78 is 0. The predicted octanol–water partition coefficient (Wildman–Crippen LogP) is 2.96. The molecule has 0 aromatic heterocycles. The van der Waals surface area contributed by atoms with Gasteiger partial charge in [-0.15, -0.1) is 0 Å². The highest BCUT2D eigenvalue weighted by Gasteiger charge is 2.20. The first kappa shape index (κ1) is 13.6. The first-order valence-corrected chi connectivity index (χ1v) is 7.30. The fraction of sp³-hybridized carbons (Fsp3) is 0.625. The fourth-order valence-electron chi connectivity index (χ4n) is 2.86. The minimum Gasteiger partial charge on any atom is -0.317 e. The Labute approximate surface area is 111 Å². The zero-order valence-electron chi connectivity index (χ0n) is 11.8. The van der Waals surface area contributed by atoms with Gasteiger partial charge >= 0.3 is 0 Å². The van der Waals surface area contributed by atoms with Gasteiger partial charge in [0, 0.05) is 12.6 Å². The molecule has 1 aliphatic rings. The van der Waals surface area contributed by atoms with Crippen LogP contribution in [0.25, 0.3) is 0 Å². The number of aryl methyl sites for hydroxylation is 1. The highest BCUT2D eigenvalue weighted by molar-refractivity contribution is 5.25. The van der Waals surface area contributed by atoms with Gasteiger partial charge in [-0.25, -0.2) is 0 Å². The Bertz CT molecular complexity index is 356. The molecule has 100 valence electrons. The van der Waals surface area contributed by atoms with Crippen molar-refractivity contribution in [3.63, 3.8) is 0 Å². The van der Waals surface area contributed by atoms with Crippen LogP contribution in [0.4, 0.5) is 0 Å². The Balaban J connectivity index is 2.03. The van der Waals surface area contributed by atoms with Crippen LogP contribution < -0.4 is 5.32 Å². The van der Waals surface area contributed by atoms with Gasteiger partial charge < -0.3 is 5.32 Å². The van der Waals surface area contributed by atoms with E-state index in [0.29, 0.717) is 0 Å². The zero-order valence-corrected chi connectivity index (χ0v) is 11.8. The highest BCUT2D eigenvalue weighted by Crippen LogP contribution is 2.18. The summed E-state index contributed by atoms with van der Waals surface area (Å²) in [4.78, 5) is 2.68. The van der Waals surface area contributed by atoms with E-state index in [1.807, 2.05) is 0 Å². The van der Waals surface area contributed by atoms with E-state index in [9.17, 15) is 0 Å². The average molecular weight is 246 g/mol. The lowest BCUT2D eigenvalue weighted by Gasteiger charge is -2.34. The molecule has 1 fully saturated rings. The zero-order chi connectivity index (χ0) is 12.8. The van der Waals surface area contributed by atoms with E-state index < -0.39 is 0 Å². The molecule has 0 atom stereocenters. The Morgan fingerprint density at radius 3 is 2.61 bits per heavy atom. The number of piperidine rings is 1. The Morgan fingerprint density at radius 1 is 1.22 bits per heavy atom. The number of nitrogens with one attached hydrogen (secondary N) is 1. The summed E-state index contributed by atoms with van der Waals surface area (Å²) in [6.07, 6.45) is 3.84. The van der Waals surface area contributed by atoms with Crippen LogP contribution in [-0.4, -0.2) is 30.6 Å². The molecular formula is C16H26N2. The van der Waals surface area contributed by atoms with Crippen molar-refractivity contribution in [1.29, 1.82) is 0 Å². The van der Waals surface area contributed by atoms with Crippen molar-refractivity contribution in [2.75, 3.05) is 19.6 Å². The molecule has 0 aliphatic carbocycles. The van der Waals surface area contributed by atoms with Crippen molar-refractivity contribution in [2.24, 2.45) is 0 Å². The molecule has 2 heteroatoms. The molecule has 0 bridgehead atoms. The van der Waals surface area contributed by atoms with Crippen LogP contribution in [0.15, 0.2) is 24.3 Å².